The Labute approximate surface area is 92.0 Å². The van der Waals surface area contributed by atoms with E-state index in [-0.39, 0.29) is 11.7 Å². The first-order valence-corrected chi connectivity index (χ1v) is 5.46. The molecule has 2 N–H and O–H groups in total. The molecule has 1 saturated heterocycles. The van der Waals surface area contributed by atoms with E-state index in [1.54, 1.807) is 0 Å². The van der Waals surface area contributed by atoms with Crippen LogP contribution in [0, 0.1) is 0 Å². The third-order valence-electron chi connectivity index (χ3n) is 1.95. The van der Waals surface area contributed by atoms with Crippen LogP contribution < -0.4 is 5.32 Å². The summed E-state index contributed by atoms with van der Waals surface area (Å²) in [5.41, 5.74) is -0.318. The Balaban J connectivity index is 0.000000265. The maximum Gasteiger partial charge on any atom is 0.293 e. The fourth-order valence-corrected chi connectivity index (χ4v) is 1.15. The highest BCUT2D eigenvalue weighted by Crippen LogP contribution is 2.03. The molecule has 1 aliphatic heterocycles. The standard InChI is InChI=1S/C6H13NO.C5H10O2/c8-6-2-1-4-7-5-3-6;1-5(2,3)7-4-6/h6-8H,1-5H2;4H,1-3H3. The lowest BCUT2D eigenvalue weighted by atomic mass is 10.2. The monoisotopic (exact) mass is 217 g/mol. The molecule has 0 spiro atoms. The van der Waals surface area contributed by atoms with Crippen LogP contribution in [0.2, 0.25) is 0 Å². The van der Waals surface area contributed by atoms with Gasteiger partial charge in [-0.25, -0.2) is 0 Å². The molecule has 0 aromatic heterocycles. The Morgan fingerprint density at radius 3 is 2.47 bits per heavy atom. The number of rotatable bonds is 1. The maximum absolute atomic E-state index is 9.60. The lowest BCUT2D eigenvalue weighted by molar-refractivity contribution is -0.138. The molecule has 1 aliphatic rings. The molecule has 4 heteroatoms. The molecule has 0 bridgehead atoms. The van der Waals surface area contributed by atoms with Gasteiger partial charge in [-0.1, -0.05) is 0 Å². The van der Waals surface area contributed by atoms with Gasteiger partial charge in [-0.05, 0) is 53.1 Å². The Kier molecular flexibility index (Phi) is 7.34. The van der Waals surface area contributed by atoms with Crippen molar-refractivity contribution in [3.8, 4) is 0 Å². The van der Waals surface area contributed by atoms with E-state index in [2.05, 4.69) is 10.1 Å². The molecular weight excluding hydrogens is 194 g/mol. The Hall–Kier alpha value is -0.610. The summed E-state index contributed by atoms with van der Waals surface area (Å²) in [7, 11) is 0. The van der Waals surface area contributed by atoms with Crippen LogP contribution in [0.1, 0.15) is 40.0 Å². The van der Waals surface area contributed by atoms with Crippen LogP contribution >= 0.6 is 0 Å². The number of hydrogen-bond donors (Lipinski definition) is 2. The summed E-state index contributed by atoms with van der Waals surface area (Å²) in [4.78, 5) is 9.60. The first-order valence-electron chi connectivity index (χ1n) is 5.46. The first-order chi connectivity index (χ1) is 6.95. The molecule has 0 aromatic rings. The van der Waals surface area contributed by atoms with Gasteiger partial charge in [-0.3, -0.25) is 4.79 Å². The molecule has 1 rings (SSSR count). The van der Waals surface area contributed by atoms with Gasteiger partial charge in [-0.2, -0.15) is 0 Å². The van der Waals surface area contributed by atoms with E-state index in [0.29, 0.717) is 6.47 Å². The summed E-state index contributed by atoms with van der Waals surface area (Å²) in [5, 5.41) is 12.3. The quantitative estimate of drug-likeness (QED) is 0.645. The van der Waals surface area contributed by atoms with Gasteiger partial charge >= 0.3 is 0 Å². The Bertz CT molecular complexity index is 158. The Morgan fingerprint density at radius 1 is 1.33 bits per heavy atom. The van der Waals surface area contributed by atoms with E-state index in [0.717, 1.165) is 32.4 Å². The van der Waals surface area contributed by atoms with Gasteiger partial charge in [-0.15, -0.1) is 0 Å². The second-order valence-corrected chi connectivity index (χ2v) is 4.66. The summed E-state index contributed by atoms with van der Waals surface area (Å²) >= 11 is 0. The molecule has 1 heterocycles. The largest absolute Gasteiger partial charge is 0.462 e. The fraction of sp³-hybridized carbons (Fsp3) is 0.909. The van der Waals surface area contributed by atoms with Crippen molar-refractivity contribution in [2.24, 2.45) is 0 Å². The lowest BCUT2D eigenvalue weighted by Gasteiger charge is -2.14. The summed E-state index contributed by atoms with van der Waals surface area (Å²) in [6.07, 6.45) is 3.00. The van der Waals surface area contributed by atoms with E-state index in [9.17, 15) is 4.79 Å². The Morgan fingerprint density at radius 2 is 2.00 bits per heavy atom. The van der Waals surface area contributed by atoms with Crippen LogP contribution in [0.15, 0.2) is 0 Å². The predicted octanol–water partition coefficient (Wildman–Crippen LogP) is 1.08. The van der Waals surface area contributed by atoms with Gasteiger partial charge in [0.15, 0.2) is 0 Å². The summed E-state index contributed by atoms with van der Waals surface area (Å²) in [6.45, 7) is 7.99. The van der Waals surface area contributed by atoms with Gasteiger partial charge < -0.3 is 15.2 Å². The molecule has 15 heavy (non-hydrogen) atoms. The second kappa shape index (κ2) is 7.65. The molecule has 1 fully saturated rings. The van der Waals surface area contributed by atoms with Crippen molar-refractivity contribution in [3.05, 3.63) is 0 Å². The normalized spacial score (nSPS) is 22.0. The van der Waals surface area contributed by atoms with Crippen LogP contribution in [0.5, 0.6) is 0 Å². The zero-order valence-electron chi connectivity index (χ0n) is 9.95. The van der Waals surface area contributed by atoms with Crippen LogP contribution in [0.4, 0.5) is 0 Å². The van der Waals surface area contributed by atoms with Gasteiger partial charge in [0.25, 0.3) is 6.47 Å². The molecule has 0 aliphatic carbocycles. The second-order valence-electron chi connectivity index (χ2n) is 4.66. The average Bonchev–Trinajstić information content (AvgIpc) is 2.31. The molecule has 4 nitrogen and oxygen atoms in total. The highest BCUT2D eigenvalue weighted by atomic mass is 16.5. The highest BCUT2D eigenvalue weighted by molar-refractivity contribution is 5.37. The van der Waals surface area contributed by atoms with E-state index < -0.39 is 0 Å². The third kappa shape index (κ3) is 11.3. The van der Waals surface area contributed by atoms with Crippen molar-refractivity contribution in [3.63, 3.8) is 0 Å². The first kappa shape index (κ1) is 14.4. The number of hydrogen-bond acceptors (Lipinski definition) is 4. The zero-order chi connectivity index (χ0) is 11.7. The number of carbonyl (C=O) groups excluding carboxylic acids is 1. The van der Waals surface area contributed by atoms with Gasteiger partial charge in [0, 0.05) is 0 Å². The van der Waals surface area contributed by atoms with Crippen LogP contribution in [0.3, 0.4) is 0 Å². The predicted molar refractivity (Wildman–Crippen MR) is 59.6 cm³/mol. The molecule has 90 valence electrons. The molecule has 1 atom stereocenters. The van der Waals surface area contributed by atoms with Crippen molar-refractivity contribution < 1.29 is 14.6 Å². The lowest BCUT2D eigenvalue weighted by Crippen LogP contribution is -2.17. The molecule has 0 aromatic carbocycles. The SMILES string of the molecule is CC(C)(C)OC=O.OC1CCCNCC1. The molecule has 0 amide bonds. The number of ether oxygens (including phenoxy) is 1. The van der Waals surface area contributed by atoms with Crippen molar-refractivity contribution in [1.29, 1.82) is 0 Å². The summed E-state index contributed by atoms with van der Waals surface area (Å²) < 4.78 is 4.55. The summed E-state index contributed by atoms with van der Waals surface area (Å²) in [6, 6.07) is 0. The minimum Gasteiger partial charge on any atom is -0.462 e. The number of aliphatic hydroxyl groups is 1. The van der Waals surface area contributed by atoms with E-state index >= 15 is 0 Å². The smallest absolute Gasteiger partial charge is 0.293 e. The third-order valence-corrected chi connectivity index (χ3v) is 1.95. The number of aliphatic hydroxyl groups excluding tert-OH is 1. The highest BCUT2D eigenvalue weighted by Gasteiger charge is 2.07. The topological polar surface area (TPSA) is 58.6 Å². The molecule has 0 radical (unpaired) electrons. The van der Waals surface area contributed by atoms with Gasteiger partial charge in [0.1, 0.15) is 5.60 Å². The zero-order valence-corrected chi connectivity index (χ0v) is 9.95. The summed E-state index contributed by atoms with van der Waals surface area (Å²) in [5.74, 6) is 0. The fourth-order valence-electron chi connectivity index (χ4n) is 1.15. The van der Waals surface area contributed by atoms with E-state index in [1.165, 1.54) is 0 Å². The average molecular weight is 217 g/mol. The van der Waals surface area contributed by atoms with Gasteiger partial charge in [0.05, 0.1) is 6.10 Å². The molecule has 1 unspecified atom stereocenters. The van der Waals surface area contributed by atoms with Crippen LogP contribution in [-0.2, 0) is 9.53 Å². The van der Waals surface area contributed by atoms with E-state index in [4.69, 9.17) is 5.11 Å². The van der Waals surface area contributed by atoms with E-state index in [1.807, 2.05) is 20.8 Å². The number of nitrogens with one attached hydrogen (secondary N) is 1. The maximum atomic E-state index is 9.60. The minimum absolute atomic E-state index is 0.0370. The van der Waals surface area contributed by atoms with Crippen molar-refractivity contribution >= 4 is 6.47 Å². The van der Waals surface area contributed by atoms with Crippen LogP contribution in [0.25, 0.3) is 0 Å². The number of carbonyl (C=O) groups is 1. The van der Waals surface area contributed by atoms with Gasteiger partial charge in [0.2, 0.25) is 0 Å². The molecular formula is C11H23NO3. The van der Waals surface area contributed by atoms with Crippen molar-refractivity contribution in [1.82, 2.24) is 5.32 Å². The van der Waals surface area contributed by atoms with Crippen molar-refractivity contribution in [2.45, 2.75) is 51.7 Å². The minimum atomic E-state index is -0.318. The van der Waals surface area contributed by atoms with Crippen LogP contribution in [-0.4, -0.2) is 36.4 Å². The molecule has 0 saturated carbocycles. The van der Waals surface area contributed by atoms with Crippen molar-refractivity contribution in [2.75, 3.05) is 13.1 Å².